The van der Waals surface area contributed by atoms with Crippen LogP contribution in [0, 0.1) is 12.8 Å². The van der Waals surface area contributed by atoms with Gasteiger partial charge >= 0.3 is 0 Å². The number of thiazole rings is 1. The van der Waals surface area contributed by atoms with Gasteiger partial charge in [-0.3, -0.25) is 23.9 Å². The summed E-state index contributed by atoms with van der Waals surface area (Å²) >= 11 is 1.48. The van der Waals surface area contributed by atoms with Crippen molar-refractivity contribution < 1.29 is 4.79 Å². The Morgan fingerprint density at radius 1 is 1.33 bits per heavy atom. The smallest absolute Gasteiger partial charge is 0.259 e. The predicted molar refractivity (Wildman–Crippen MR) is 103 cm³/mol. The maximum atomic E-state index is 12.4. The molecule has 4 rings (SSSR count). The first-order valence-corrected chi connectivity index (χ1v) is 9.74. The molecule has 0 bridgehead atoms. The van der Waals surface area contributed by atoms with E-state index in [2.05, 4.69) is 25.2 Å². The van der Waals surface area contributed by atoms with Crippen LogP contribution in [0.3, 0.4) is 0 Å². The zero-order chi connectivity index (χ0) is 18.8. The lowest BCUT2D eigenvalue weighted by molar-refractivity contribution is -0.121. The third-order valence-electron chi connectivity index (χ3n) is 4.79. The van der Waals surface area contributed by atoms with Crippen LogP contribution in [0.1, 0.15) is 24.2 Å². The highest BCUT2D eigenvalue weighted by atomic mass is 32.1. The van der Waals surface area contributed by atoms with Gasteiger partial charge in [0.25, 0.3) is 5.56 Å². The molecule has 8 nitrogen and oxygen atoms in total. The lowest BCUT2D eigenvalue weighted by Gasteiger charge is -2.30. The summed E-state index contributed by atoms with van der Waals surface area (Å²) in [6.45, 7) is 4.12. The van der Waals surface area contributed by atoms with E-state index in [4.69, 9.17) is 0 Å². The van der Waals surface area contributed by atoms with E-state index in [1.165, 1.54) is 11.3 Å². The first kappa shape index (κ1) is 17.7. The highest BCUT2D eigenvalue weighted by molar-refractivity contribution is 7.15. The van der Waals surface area contributed by atoms with Crippen molar-refractivity contribution in [2.75, 3.05) is 18.4 Å². The van der Waals surface area contributed by atoms with Crippen LogP contribution in [-0.2, 0) is 11.3 Å². The highest BCUT2D eigenvalue weighted by Crippen LogP contribution is 2.20. The lowest BCUT2D eigenvalue weighted by Crippen LogP contribution is -2.38. The number of carbonyl (C=O) groups is 1. The Morgan fingerprint density at radius 3 is 2.89 bits per heavy atom. The second-order valence-electron chi connectivity index (χ2n) is 6.71. The van der Waals surface area contributed by atoms with Gasteiger partial charge in [0.2, 0.25) is 5.91 Å². The fourth-order valence-electron chi connectivity index (χ4n) is 3.36. The number of anilines is 1. The Hall–Kier alpha value is -2.65. The van der Waals surface area contributed by atoms with Gasteiger partial charge in [0.05, 0.1) is 11.9 Å². The van der Waals surface area contributed by atoms with Crippen LogP contribution in [0.15, 0.2) is 34.8 Å². The number of piperidine rings is 1. The summed E-state index contributed by atoms with van der Waals surface area (Å²) in [4.78, 5) is 40.3. The van der Waals surface area contributed by atoms with Gasteiger partial charge in [-0.15, -0.1) is 11.3 Å². The van der Waals surface area contributed by atoms with Gasteiger partial charge in [0, 0.05) is 42.0 Å². The Labute approximate surface area is 159 Å². The minimum atomic E-state index is -0.0377. The molecule has 1 fully saturated rings. The molecule has 3 aromatic heterocycles. The Morgan fingerprint density at radius 2 is 2.15 bits per heavy atom. The molecule has 1 aliphatic rings. The summed E-state index contributed by atoms with van der Waals surface area (Å²) in [5.41, 5.74) is 1.66. The van der Waals surface area contributed by atoms with E-state index in [1.54, 1.807) is 29.1 Å². The molecule has 0 saturated carbocycles. The molecule has 0 unspecified atom stereocenters. The monoisotopic (exact) mass is 384 g/mol. The number of aryl methyl sites for hydroxylation is 1. The maximum absolute atomic E-state index is 12.4. The van der Waals surface area contributed by atoms with Gasteiger partial charge in [-0.25, -0.2) is 9.97 Å². The van der Waals surface area contributed by atoms with Gasteiger partial charge in [-0.2, -0.15) is 0 Å². The Balaban J connectivity index is 1.35. The molecule has 9 heteroatoms. The normalized spacial score (nSPS) is 15.9. The van der Waals surface area contributed by atoms with Crippen molar-refractivity contribution in [2.24, 2.45) is 5.92 Å². The van der Waals surface area contributed by atoms with Crippen LogP contribution < -0.4 is 10.9 Å². The quantitative estimate of drug-likeness (QED) is 0.736. The second kappa shape index (κ2) is 7.53. The average Bonchev–Trinajstić information content (AvgIpc) is 3.04. The molecule has 0 aromatic carbocycles. The number of hydrogen-bond donors (Lipinski definition) is 1. The molecule has 0 spiro atoms. The molecule has 0 aliphatic carbocycles. The molecule has 1 amide bonds. The number of rotatable bonds is 4. The lowest BCUT2D eigenvalue weighted by atomic mass is 9.96. The number of fused-ring (bicyclic) bond motifs is 1. The Kier molecular flexibility index (Phi) is 4.95. The number of likely N-dealkylation sites (tertiary alicyclic amines) is 1. The first-order chi connectivity index (χ1) is 13.1. The van der Waals surface area contributed by atoms with Gasteiger partial charge in [-0.1, -0.05) is 0 Å². The number of amides is 1. The van der Waals surface area contributed by atoms with Crippen LogP contribution in [0.2, 0.25) is 0 Å². The average molecular weight is 384 g/mol. The van der Waals surface area contributed by atoms with E-state index in [1.807, 2.05) is 12.3 Å². The van der Waals surface area contributed by atoms with E-state index in [9.17, 15) is 9.59 Å². The fraction of sp³-hybridized carbons (Fsp3) is 0.389. The minimum Gasteiger partial charge on any atom is -0.309 e. The molecular weight excluding hydrogens is 364 g/mol. The molecule has 3 aromatic rings. The number of nitrogens with zero attached hydrogens (tertiary/aromatic N) is 5. The van der Waals surface area contributed by atoms with Crippen molar-refractivity contribution in [1.82, 2.24) is 24.3 Å². The third-order valence-corrected chi connectivity index (χ3v) is 5.73. The summed E-state index contributed by atoms with van der Waals surface area (Å²) in [6, 6.07) is 1.61. The van der Waals surface area contributed by atoms with Crippen molar-refractivity contribution >= 4 is 28.0 Å². The van der Waals surface area contributed by atoms with Crippen molar-refractivity contribution in [3.63, 3.8) is 0 Å². The van der Waals surface area contributed by atoms with E-state index < -0.39 is 0 Å². The van der Waals surface area contributed by atoms with E-state index in [-0.39, 0.29) is 17.4 Å². The summed E-state index contributed by atoms with van der Waals surface area (Å²) in [7, 11) is 0. The van der Waals surface area contributed by atoms with Crippen molar-refractivity contribution in [3.05, 3.63) is 51.8 Å². The number of nitrogens with one attached hydrogen (secondary N) is 1. The summed E-state index contributed by atoms with van der Waals surface area (Å²) in [5.74, 6) is 0.431. The zero-order valence-corrected chi connectivity index (χ0v) is 15.8. The van der Waals surface area contributed by atoms with Gasteiger partial charge in [0.1, 0.15) is 0 Å². The topological polar surface area (TPSA) is 92.5 Å². The molecule has 1 saturated heterocycles. The first-order valence-electron chi connectivity index (χ1n) is 8.86. The molecule has 0 radical (unpaired) electrons. The fourth-order valence-corrected chi connectivity index (χ4v) is 4.25. The molecule has 4 heterocycles. The van der Waals surface area contributed by atoms with Crippen LogP contribution in [0.4, 0.5) is 5.82 Å². The summed E-state index contributed by atoms with van der Waals surface area (Å²) < 4.78 is 1.64. The maximum Gasteiger partial charge on any atom is 0.259 e. The largest absolute Gasteiger partial charge is 0.309 e. The van der Waals surface area contributed by atoms with Crippen LogP contribution >= 0.6 is 11.3 Å². The van der Waals surface area contributed by atoms with Gasteiger partial charge in [0.15, 0.2) is 10.8 Å². The summed E-state index contributed by atoms with van der Waals surface area (Å²) in [6.07, 6.45) is 6.21. The number of carbonyl (C=O) groups excluding carboxylic acids is 1. The van der Waals surface area contributed by atoms with Gasteiger partial charge in [-0.05, 0) is 32.9 Å². The van der Waals surface area contributed by atoms with Gasteiger partial charge < -0.3 is 5.32 Å². The van der Waals surface area contributed by atoms with E-state index >= 15 is 0 Å². The number of hydrogen-bond acceptors (Lipinski definition) is 7. The molecular formula is C18H20N6O2S. The third kappa shape index (κ3) is 3.88. The molecule has 0 atom stereocenters. The Bertz CT molecular complexity index is 1010. The second-order valence-corrected chi connectivity index (χ2v) is 7.55. The van der Waals surface area contributed by atoms with Crippen molar-refractivity contribution in [3.8, 4) is 0 Å². The molecule has 1 aliphatic heterocycles. The standard InChI is InChI=1S/C18H20N6O2S/c1-12-11-27-18-21-14(8-16(25)24(12)18)10-23-6-2-13(3-7-23)17(26)22-15-9-19-4-5-20-15/h4-5,8-9,11,13H,2-3,6-7,10H2,1H3,(H,20,22,26). The van der Waals surface area contributed by atoms with Crippen molar-refractivity contribution in [2.45, 2.75) is 26.3 Å². The van der Waals surface area contributed by atoms with E-state index in [0.717, 1.165) is 42.3 Å². The minimum absolute atomic E-state index is 0.0120. The molecule has 1 N–H and O–H groups in total. The van der Waals surface area contributed by atoms with E-state index in [0.29, 0.717) is 12.4 Å². The van der Waals surface area contributed by atoms with Crippen LogP contribution in [-0.4, -0.2) is 43.2 Å². The van der Waals surface area contributed by atoms with Crippen molar-refractivity contribution in [1.29, 1.82) is 0 Å². The number of aromatic nitrogens is 4. The summed E-state index contributed by atoms with van der Waals surface area (Å²) in [5, 5.41) is 4.76. The van der Waals surface area contributed by atoms with Crippen LogP contribution in [0.5, 0.6) is 0 Å². The molecule has 27 heavy (non-hydrogen) atoms. The molecule has 140 valence electrons. The van der Waals surface area contributed by atoms with Crippen LogP contribution in [0.25, 0.3) is 4.96 Å². The SMILES string of the molecule is Cc1csc2nc(CN3CCC(C(=O)Nc4cnccn4)CC3)cc(=O)n12. The highest BCUT2D eigenvalue weighted by Gasteiger charge is 2.25. The zero-order valence-electron chi connectivity index (χ0n) is 15.0. The predicted octanol–water partition coefficient (Wildman–Crippen LogP) is 1.71.